The van der Waals surface area contributed by atoms with E-state index < -0.39 is 7.82 Å². The van der Waals surface area contributed by atoms with Crippen LogP contribution < -0.4 is 0 Å². The zero-order valence-corrected chi connectivity index (χ0v) is 8.38. The fourth-order valence-electron chi connectivity index (χ4n) is 0.806. The SMILES string of the molecule is O=P1(O)OCC(CCBr)CO1. The molecule has 0 bridgehead atoms. The Hall–Kier alpha value is 0.590. The summed E-state index contributed by atoms with van der Waals surface area (Å²) in [5.74, 6) is 0.239. The van der Waals surface area contributed by atoms with Gasteiger partial charge in [0, 0.05) is 11.2 Å². The molecule has 0 aromatic carbocycles. The molecule has 66 valence electrons. The Labute approximate surface area is 73.6 Å². The van der Waals surface area contributed by atoms with Gasteiger partial charge in [0.25, 0.3) is 0 Å². The van der Waals surface area contributed by atoms with Crippen molar-refractivity contribution in [2.75, 3.05) is 18.5 Å². The molecule has 1 rings (SSSR count). The number of alkyl halides is 1. The van der Waals surface area contributed by atoms with Gasteiger partial charge >= 0.3 is 7.82 Å². The summed E-state index contributed by atoms with van der Waals surface area (Å²) in [6, 6.07) is 0. The Morgan fingerprint density at radius 3 is 2.55 bits per heavy atom. The summed E-state index contributed by atoms with van der Waals surface area (Å²) in [6.07, 6.45) is 0.903. The minimum absolute atomic E-state index is 0.239. The van der Waals surface area contributed by atoms with Crippen LogP contribution in [0.4, 0.5) is 0 Å². The zero-order chi connectivity index (χ0) is 8.32. The topological polar surface area (TPSA) is 55.8 Å². The summed E-state index contributed by atoms with van der Waals surface area (Å²) in [7, 11) is -3.66. The lowest BCUT2D eigenvalue weighted by atomic mass is 10.1. The molecule has 0 radical (unpaired) electrons. The first-order chi connectivity index (χ1) is 5.14. The van der Waals surface area contributed by atoms with Crippen molar-refractivity contribution in [2.45, 2.75) is 6.42 Å². The van der Waals surface area contributed by atoms with E-state index in [2.05, 4.69) is 25.0 Å². The van der Waals surface area contributed by atoms with E-state index in [1.807, 2.05) is 0 Å². The Morgan fingerprint density at radius 2 is 2.09 bits per heavy atom. The second-order valence-corrected chi connectivity index (χ2v) is 4.65. The zero-order valence-electron chi connectivity index (χ0n) is 5.90. The molecule has 0 amide bonds. The van der Waals surface area contributed by atoms with Crippen LogP contribution in [0.25, 0.3) is 0 Å². The molecule has 0 saturated carbocycles. The first kappa shape index (κ1) is 9.68. The molecule has 1 aliphatic rings. The minimum Gasteiger partial charge on any atom is -0.302 e. The van der Waals surface area contributed by atoms with Crippen LogP contribution >= 0.6 is 23.8 Å². The van der Waals surface area contributed by atoms with Gasteiger partial charge in [-0.2, -0.15) is 0 Å². The van der Waals surface area contributed by atoms with E-state index in [4.69, 9.17) is 4.89 Å². The monoisotopic (exact) mass is 244 g/mol. The van der Waals surface area contributed by atoms with Crippen molar-refractivity contribution < 1.29 is 18.5 Å². The highest BCUT2D eigenvalue weighted by molar-refractivity contribution is 9.09. The molecule has 1 aliphatic heterocycles. The van der Waals surface area contributed by atoms with Crippen molar-refractivity contribution in [3.63, 3.8) is 0 Å². The van der Waals surface area contributed by atoms with Crippen LogP contribution in [-0.2, 0) is 13.6 Å². The van der Waals surface area contributed by atoms with Gasteiger partial charge in [0.15, 0.2) is 0 Å². The van der Waals surface area contributed by atoms with Crippen LogP contribution in [-0.4, -0.2) is 23.4 Å². The molecule has 6 heteroatoms. The third-order valence-corrected chi connectivity index (χ3v) is 2.87. The first-order valence-corrected chi connectivity index (χ1v) is 5.93. The number of hydrogen-bond acceptors (Lipinski definition) is 3. The molecule has 4 nitrogen and oxygen atoms in total. The second-order valence-electron chi connectivity index (χ2n) is 2.40. The molecule has 0 aromatic rings. The Bertz CT molecular complexity index is 162. The van der Waals surface area contributed by atoms with E-state index in [-0.39, 0.29) is 5.92 Å². The van der Waals surface area contributed by atoms with E-state index in [1.54, 1.807) is 0 Å². The predicted molar refractivity (Wildman–Crippen MR) is 43.6 cm³/mol. The van der Waals surface area contributed by atoms with Gasteiger partial charge in [-0.3, -0.25) is 9.05 Å². The van der Waals surface area contributed by atoms with Gasteiger partial charge in [-0.15, -0.1) is 0 Å². The van der Waals surface area contributed by atoms with E-state index in [0.29, 0.717) is 13.2 Å². The second kappa shape index (κ2) is 4.01. The van der Waals surface area contributed by atoms with Crippen LogP contribution in [0.3, 0.4) is 0 Å². The van der Waals surface area contributed by atoms with Gasteiger partial charge < -0.3 is 4.89 Å². The molecule has 1 saturated heterocycles. The van der Waals surface area contributed by atoms with Gasteiger partial charge in [-0.1, -0.05) is 15.9 Å². The molecule has 0 atom stereocenters. The summed E-state index contributed by atoms with van der Waals surface area (Å²) in [5, 5.41) is 0.861. The summed E-state index contributed by atoms with van der Waals surface area (Å²) in [6.45, 7) is 0.638. The average molecular weight is 245 g/mol. The molecule has 1 fully saturated rings. The summed E-state index contributed by atoms with van der Waals surface area (Å²) in [5.41, 5.74) is 0. The largest absolute Gasteiger partial charge is 0.472 e. The fraction of sp³-hybridized carbons (Fsp3) is 1.00. The fourth-order valence-corrected chi connectivity index (χ4v) is 2.33. The molecule has 0 aromatic heterocycles. The number of hydrogen-bond donors (Lipinski definition) is 1. The molecule has 0 unspecified atom stereocenters. The van der Waals surface area contributed by atoms with Gasteiger partial charge in [0.2, 0.25) is 0 Å². The van der Waals surface area contributed by atoms with E-state index >= 15 is 0 Å². The van der Waals surface area contributed by atoms with Crippen molar-refractivity contribution in [1.82, 2.24) is 0 Å². The quantitative estimate of drug-likeness (QED) is 0.592. The highest BCUT2D eigenvalue weighted by Crippen LogP contribution is 2.47. The van der Waals surface area contributed by atoms with Gasteiger partial charge in [-0.25, -0.2) is 4.57 Å². The van der Waals surface area contributed by atoms with Crippen molar-refractivity contribution >= 4 is 23.8 Å². The van der Waals surface area contributed by atoms with E-state index in [9.17, 15) is 4.57 Å². The molecular formula is C5H10BrO4P. The molecular weight excluding hydrogens is 235 g/mol. The van der Waals surface area contributed by atoms with Crippen molar-refractivity contribution in [3.05, 3.63) is 0 Å². The molecule has 1 N–H and O–H groups in total. The summed E-state index contributed by atoms with van der Waals surface area (Å²) < 4.78 is 19.9. The molecule has 1 heterocycles. The van der Waals surface area contributed by atoms with Crippen molar-refractivity contribution in [1.29, 1.82) is 0 Å². The lowest BCUT2D eigenvalue weighted by Gasteiger charge is -2.24. The maximum atomic E-state index is 10.7. The summed E-state index contributed by atoms with van der Waals surface area (Å²) >= 11 is 3.27. The number of phosphoric acid groups is 1. The van der Waals surface area contributed by atoms with Crippen molar-refractivity contribution in [2.24, 2.45) is 5.92 Å². The van der Waals surface area contributed by atoms with E-state index in [0.717, 1.165) is 11.8 Å². The summed E-state index contributed by atoms with van der Waals surface area (Å²) in [4.78, 5) is 8.76. The third kappa shape index (κ3) is 3.22. The Balaban J connectivity index is 2.30. The van der Waals surface area contributed by atoms with E-state index in [1.165, 1.54) is 0 Å². The Kier molecular flexibility index (Phi) is 3.52. The normalized spacial score (nSPS) is 38.9. The number of halogens is 1. The predicted octanol–water partition coefficient (Wildman–Crippen LogP) is 1.53. The maximum absolute atomic E-state index is 10.7. The Morgan fingerprint density at radius 1 is 1.55 bits per heavy atom. The molecule has 0 spiro atoms. The minimum atomic E-state index is -3.66. The number of phosphoric ester groups is 1. The van der Waals surface area contributed by atoms with Gasteiger partial charge in [0.1, 0.15) is 0 Å². The van der Waals surface area contributed by atoms with Crippen LogP contribution in [0.5, 0.6) is 0 Å². The molecule has 0 aliphatic carbocycles. The highest BCUT2D eigenvalue weighted by Gasteiger charge is 2.29. The van der Waals surface area contributed by atoms with Gasteiger partial charge in [0.05, 0.1) is 13.2 Å². The average Bonchev–Trinajstić information content (AvgIpc) is 1.94. The smallest absolute Gasteiger partial charge is 0.302 e. The third-order valence-electron chi connectivity index (χ3n) is 1.46. The standard InChI is InChI=1S/C5H10BrO4P/c6-2-1-5-3-9-11(7,8)10-4-5/h5H,1-4H2,(H,7,8). The van der Waals surface area contributed by atoms with Crippen LogP contribution in [0.2, 0.25) is 0 Å². The lowest BCUT2D eigenvalue weighted by Crippen LogP contribution is -2.21. The number of rotatable bonds is 2. The maximum Gasteiger partial charge on any atom is 0.472 e. The van der Waals surface area contributed by atoms with Gasteiger partial charge in [-0.05, 0) is 6.42 Å². The van der Waals surface area contributed by atoms with Crippen LogP contribution in [0, 0.1) is 5.92 Å². The first-order valence-electron chi connectivity index (χ1n) is 3.32. The van der Waals surface area contributed by atoms with Crippen LogP contribution in [0.15, 0.2) is 0 Å². The lowest BCUT2D eigenvalue weighted by molar-refractivity contribution is 0.0575. The molecule has 11 heavy (non-hydrogen) atoms. The highest BCUT2D eigenvalue weighted by atomic mass is 79.9. The van der Waals surface area contributed by atoms with Crippen molar-refractivity contribution in [3.8, 4) is 0 Å². The van der Waals surface area contributed by atoms with Crippen LogP contribution in [0.1, 0.15) is 6.42 Å².